The number of anilines is 1. The van der Waals surface area contributed by atoms with Crippen molar-refractivity contribution >= 4 is 47.2 Å². The van der Waals surface area contributed by atoms with Crippen LogP contribution in [0, 0.1) is 13.8 Å². The molecule has 2 aliphatic carbocycles. The van der Waals surface area contributed by atoms with Crippen LogP contribution in [0.15, 0.2) is 46.6 Å². The van der Waals surface area contributed by atoms with Crippen molar-refractivity contribution in [1.29, 1.82) is 0 Å². The predicted octanol–water partition coefficient (Wildman–Crippen LogP) is 5.11. The number of phenols is 4. The number of ether oxygens (including phenoxy) is 1. The quantitative estimate of drug-likeness (QED) is 0.0579. The maximum Gasteiger partial charge on any atom is 0.340 e. The molecular formula is C34H27N3O9S. The first-order valence-electron chi connectivity index (χ1n) is 14.2. The van der Waals surface area contributed by atoms with E-state index in [0.29, 0.717) is 11.3 Å². The van der Waals surface area contributed by atoms with Crippen molar-refractivity contribution in [3.63, 3.8) is 0 Å². The van der Waals surface area contributed by atoms with E-state index in [9.17, 15) is 39.9 Å². The van der Waals surface area contributed by atoms with E-state index >= 15 is 0 Å². The lowest BCUT2D eigenvalue weighted by atomic mass is 9.74. The molecule has 47 heavy (non-hydrogen) atoms. The Morgan fingerprint density at radius 2 is 1.60 bits per heavy atom. The van der Waals surface area contributed by atoms with E-state index in [1.807, 2.05) is 31.2 Å². The summed E-state index contributed by atoms with van der Waals surface area (Å²) >= 11 is 4.27. The van der Waals surface area contributed by atoms with Gasteiger partial charge in [0, 0.05) is 39.1 Å². The van der Waals surface area contributed by atoms with E-state index < -0.39 is 51.7 Å². The number of nitrogens with zero attached hydrogens (tertiary/aromatic N) is 2. The van der Waals surface area contributed by atoms with Crippen LogP contribution in [-0.4, -0.2) is 61.6 Å². The van der Waals surface area contributed by atoms with E-state index in [1.165, 1.54) is 20.1 Å². The lowest BCUT2D eigenvalue weighted by Crippen LogP contribution is -2.24. The summed E-state index contributed by atoms with van der Waals surface area (Å²) in [5.74, 6) is -5.65. The van der Waals surface area contributed by atoms with E-state index in [4.69, 9.17) is 4.74 Å². The van der Waals surface area contributed by atoms with E-state index in [2.05, 4.69) is 28.1 Å². The number of aryl methyl sites for hydroxylation is 2. The summed E-state index contributed by atoms with van der Waals surface area (Å²) in [5, 5.41) is 65.2. The highest BCUT2D eigenvalue weighted by Crippen LogP contribution is 2.54. The van der Waals surface area contributed by atoms with Gasteiger partial charge in [0.05, 0.1) is 30.0 Å². The van der Waals surface area contributed by atoms with Gasteiger partial charge in [-0.2, -0.15) is 5.10 Å². The summed E-state index contributed by atoms with van der Waals surface area (Å²) in [6, 6.07) is 9.96. The van der Waals surface area contributed by atoms with Crippen LogP contribution in [0.4, 0.5) is 5.69 Å². The van der Waals surface area contributed by atoms with Gasteiger partial charge in [-0.15, -0.1) is 17.7 Å². The van der Waals surface area contributed by atoms with Crippen molar-refractivity contribution in [2.24, 2.45) is 10.2 Å². The minimum absolute atomic E-state index is 0.00675. The molecule has 0 amide bonds. The topological polar surface area (TPSA) is 198 Å². The van der Waals surface area contributed by atoms with Crippen molar-refractivity contribution in [2.75, 3.05) is 12.4 Å². The molecule has 0 aromatic heterocycles. The van der Waals surface area contributed by atoms with Gasteiger partial charge in [0.25, 0.3) is 0 Å². The molecule has 0 radical (unpaired) electrons. The standard InChI is InChI=1S/C34H27N3O9S/c1-13-4-7-17(8-5-13)36-34(47)37-35-12-16-10-15-6-9-18-23(21(15)29(41)22(16)33(44)45)30(42)25-26(32(18)46-3)31(43)24-19(28(25)40)11-20(38)14(2)27(24)39/h4-5,7-8,10-12,38-39,41-42H,6,9H2,1-3H3,(H,44,45)(H2,36,37,47)/b35-12+. The highest BCUT2D eigenvalue weighted by atomic mass is 32.1. The Morgan fingerprint density at radius 3 is 2.26 bits per heavy atom. The number of nitrogens with one attached hydrogen (secondary N) is 1. The first kappa shape index (κ1) is 31.2. The number of fused-ring (bicyclic) bond motifs is 5. The maximum absolute atomic E-state index is 13.8. The lowest BCUT2D eigenvalue weighted by Gasteiger charge is -2.30. The Kier molecular flexibility index (Phi) is 7.64. The second-order valence-corrected chi connectivity index (χ2v) is 11.5. The van der Waals surface area contributed by atoms with Gasteiger partial charge in [0.15, 0.2) is 11.0 Å². The molecule has 6 rings (SSSR count). The molecule has 2 aliphatic rings. The zero-order valence-electron chi connectivity index (χ0n) is 25.2. The molecule has 238 valence electrons. The highest BCUT2D eigenvalue weighted by Gasteiger charge is 2.42. The molecule has 0 fully saturated rings. The number of carbonyl (C=O) groups excluding carboxylic acids is 2. The molecule has 0 heterocycles. The Labute approximate surface area is 272 Å². The van der Waals surface area contributed by atoms with E-state index in [-0.39, 0.29) is 68.3 Å². The van der Waals surface area contributed by atoms with Gasteiger partial charge in [-0.25, -0.2) is 4.79 Å². The van der Waals surface area contributed by atoms with Crippen LogP contribution in [0.25, 0.3) is 11.1 Å². The first-order valence-corrected chi connectivity index (χ1v) is 14.7. The van der Waals surface area contributed by atoms with Gasteiger partial charge in [-0.05, 0) is 56.5 Å². The number of ketones is 2. The van der Waals surface area contributed by atoms with Gasteiger partial charge in [-0.3, -0.25) is 9.59 Å². The first-order chi connectivity index (χ1) is 22.3. The Hall–Kier alpha value is -5.82. The lowest BCUT2D eigenvalue weighted by molar-refractivity contribution is 0.0693. The van der Waals surface area contributed by atoms with Gasteiger partial charge < -0.3 is 35.6 Å². The molecule has 0 saturated carbocycles. The van der Waals surface area contributed by atoms with Crippen molar-refractivity contribution < 1.29 is 44.7 Å². The van der Waals surface area contributed by atoms with Gasteiger partial charge >= 0.3 is 5.97 Å². The predicted molar refractivity (Wildman–Crippen MR) is 176 cm³/mol. The van der Waals surface area contributed by atoms with Gasteiger partial charge in [0.1, 0.15) is 34.3 Å². The fourth-order valence-corrected chi connectivity index (χ4v) is 6.28. The largest absolute Gasteiger partial charge is 0.508 e. The van der Waals surface area contributed by atoms with Crippen LogP contribution in [0.2, 0.25) is 0 Å². The number of hydrogen-bond donors (Lipinski definition) is 7. The third kappa shape index (κ3) is 4.91. The third-order valence-corrected chi connectivity index (χ3v) is 8.56. The van der Waals surface area contributed by atoms with E-state index in [0.717, 1.165) is 17.8 Å². The number of thiol groups is 1. The van der Waals surface area contributed by atoms with Crippen molar-refractivity contribution in [1.82, 2.24) is 0 Å². The van der Waals surface area contributed by atoms with Crippen LogP contribution in [0.3, 0.4) is 0 Å². The van der Waals surface area contributed by atoms with Crippen molar-refractivity contribution in [3.05, 3.63) is 92.0 Å². The number of benzene rings is 4. The second-order valence-electron chi connectivity index (χ2n) is 11.1. The average molecular weight is 654 g/mol. The van der Waals surface area contributed by atoms with Crippen LogP contribution >= 0.6 is 12.6 Å². The number of methoxy groups -OCH3 is 1. The number of aromatic carboxylic acids is 1. The molecule has 6 N–H and O–H groups in total. The Balaban J connectivity index is 1.50. The van der Waals surface area contributed by atoms with E-state index in [1.54, 1.807) is 0 Å². The minimum Gasteiger partial charge on any atom is -0.508 e. The number of amidine groups is 1. The molecule has 0 bridgehead atoms. The molecule has 4 aromatic carbocycles. The smallest absolute Gasteiger partial charge is 0.340 e. The number of carbonyl (C=O) groups is 3. The molecule has 0 spiro atoms. The molecule has 0 aliphatic heterocycles. The Bertz CT molecular complexity index is 2140. The third-order valence-electron chi connectivity index (χ3n) is 8.36. The summed E-state index contributed by atoms with van der Waals surface area (Å²) in [7, 11) is 1.27. The number of hydrogen-bond acceptors (Lipinski definition) is 10. The van der Waals surface area contributed by atoms with Crippen molar-refractivity contribution in [2.45, 2.75) is 26.7 Å². The fraction of sp³-hybridized carbons (Fsp3) is 0.147. The molecule has 4 aromatic rings. The zero-order valence-corrected chi connectivity index (χ0v) is 26.1. The highest BCUT2D eigenvalue weighted by molar-refractivity contribution is 7.97. The summed E-state index contributed by atoms with van der Waals surface area (Å²) < 4.78 is 5.61. The number of rotatable bonds is 5. The summed E-state index contributed by atoms with van der Waals surface area (Å²) in [6.45, 7) is 3.33. The normalized spacial score (nSPS) is 13.6. The SMILES string of the molecule is COc1c2c(c(O)c3c1C(=O)c1c(cc(O)c(C)c1O)C3=O)-c1c(cc(/C=N/N=C(\S)Nc3ccc(C)cc3)c(C(=O)O)c1O)CC2. The molecule has 0 saturated heterocycles. The Morgan fingerprint density at radius 1 is 0.894 bits per heavy atom. The average Bonchev–Trinajstić information content (AvgIpc) is 3.03. The molecule has 0 unspecified atom stereocenters. The van der Waals surface area contributed by atoms with Crippen LogP contribution < -0.4 is 10.1 Å². The number of carboxylic acids is 1. The van der Waals surface area contributed by atoms with Crippen molar-refractivity contribution in [3.8, 4) is 39.9 Å². The molecular weight excluding hydrogens is 626 g/mol. The molecule has 12 nitrogen and oxygen atoms in total. The minimum atomic E-state index is -1.50. The maximum atomic E-state index is 13.8. The number of carboxylic acid groups (broad SMARTS) is 1. The van der Waals surface area contributed by atoms with Crippen LogP contribution in [-0.2, 0) is 12.8 Å². The van der Waals surface area contributed by atoms with Gasteiger partial charge in [-0.1, -0.05) is 17.7 Å². The van der Waals surface area contributed by atoms with Crippen LogP contribution in [0.5, 0.6) is 28.7 Å². The summed E-state index contributed by atoms with van der Waals surface area (Å²) in [5.41, 5.74) is 0.366. The van der Waals surface area contributed by atoms with Crippen LogP contribution in [0.1, 0.15) is 70.0 Å². The zero-order chi connectivity index (χ0) is 33.9. The number of phenolic OH excluding ortho intramolecular Hbond substituents is 3. The summed E-state index contributed by atoms with van der Waals surface area (Å²) in [6.07, 6.45) is 1.54. The second kappa shape index (κ2) is 11.5. The molecule has 0 atom stereocenters. The number of aromatic hydroxyl groups is 4. The summed E-state index contributed by atoms with van der Waals surface area (Å²) in [4.78, 5) is 40.0. The monoisotopic (exact) mass is 653 g/mol. The fourth-order valence-electron chi connectivity index (χ4n) is 6.10. The van der Waals surface area contributed by atoms with Gasteiger partial charge in [0.2, 0.25) is 5.78 Å². The molecule has 13 heteroatoms.